The van der Waals surface area contributed by atoms with Crippen LogP contribution in [-0.4, -0.2) is 79.2 Å². The van der Waals surface area contributed by atoms with Crippen LogP contribution in [0.4, 0.5) is 18.9 Å². The van der Waals surface area contributed by atoms with Gasteiger partial charge < -0.3 is 15.2 Å². The van der Waals surface area contributed by atoms with Crippen LogP contribution in [-0.2, 0) is 6.18 Å². The lowest BCUT2D eigenvalue weighted by molar-refractivity contribution is -0.137. The van der Waals surface area contributed by atoms with Crippen molar-refractivity contribution >= 4 is 16.6 Å². The largest absolute Gasteiger partial charge is 0.416 e. The molecule has 0 spiro atoms. The molecule has 3 aromatic rings. The van der Waals surface area contributed by atoms with Crippen molar-refractivity contribution in [3.63, 3.8) is 0 Å². The molecule has 0 bridgehead atoms. The van der Waals surface area contributed by atoms with E-state index in [-0.39, 0.29) is 0 Å². The number of hydrogen-bond acceptors (Lipinski definition) is 4. The summed E-state index contributed by atoms with van der Waals surface area (Å²) in [5.74, 6) is 0. The van der Waals surface area contributed by atoms with Crippen LogP contribution in [0.3, 0.4) is 0 Å². The van der Waals surface area contributed by atoms with E-state index in [4.69, 9.17) is 0 Å². The second-order valence-electron chi connectivity index (χ2n) is 10.7. The molecule has 2 aliphatic heterocycles. The minimum absolute atomic E-state index is 0.549. The van der Waals surface area contributed by atoms with Crippen molar-refractivity contribution in [3.05, 3.63) is 54.1 Å². The third-order valence-electron chi connectivity index (χ3n) is 7.96. The van der Waals surface area contributed by atoms with E-state index in [0.717, 1.165) is 75.1 Å². The molecule has 0 atom stereocenters. The van der Waals surface area contributed by atoms with E-state index in [1.165, 1.54) is 25.2 Å². The smallest absolute Gasteiger partial charge is 0.371 e. The molecule has 0 unspecified atom stereocenters. The van der Waals surface area contributed by atoms with Gasteiger partial charge in [0.1, 0.15) is 0 Å². The third-order valence-corrected chi connectivity index (χ3v) is 7.96. The van der Waals surface area contributed by atoms with Gasteiger partial charge in [0, 0.05) is 86.7 Å². The van der Waals surface area contributed by atoms with Crippen molar-refractivity contribution < 1.29 is 13.2 Å². The van der Waals surface area contributed by atoms with E-state index in [2.05, 4.69) is 51.0 Å². The lowest BCUT2D eigenvalue weighted by Crippen LogP contribution is -2.51. The zero-order valence-electron chi connectivity index (χ0n) is 21.8. The highest BCUT2D eigenvalue weighted by atomic mass is 19.4. The number of halogens is 3. The number of piperazine rings is 1. The molecular weight excluding hydrogens is 475 g/mol. The molecule has 2 saturated heterocycles. The highest BCUT2D eigenvalue weighted by molar-refractivity contribution is 5.87. The van der Waals surface area contributed by atoms with Gasteiger partial charge in [0.05, 0.1) is 5.56 Å². The number of piperidine rings is 1. The molecule has 2 fully saturated rings. The molecule has 0 amide bonds. The van der Waals surface area contributed by atoms with Gasteiger partial charge in [-0.05, 0) is 68.7 Å². The molecule has 5 rings (SSSR count). The molecule has 0 radical (unpaired) electrons. The predicted molar refractivity (Wildman–Crippen MR) is 145 cm³/mol. The van der Waals surface area contributed by atoms with Gasteiger partial charge in [-0.2, -0.15) is 13.2 Å². The Hall–Kier alpha value is -2.55. The monoisotopic (exact) mass is 513 g/mol. The molecule has 0 saturated carbocycles. The van der Waals surface area contributed by atoms with Crippen LogP contribution in [0.1, 0.15) is 32.3 Å². The highest BCUT2D eigenvalue weighted by Crippen LogP contribution is 2.34. The fourth-order valence-electron chi connectivity index (χ4n) is 5.61. The number of H-pyrrole nitrogens is 1. The van der Waals surface area contributed by atoms with Crippen molar-refractivity contribution in [1.82, 2.24) is 20.1 Å². The summed E-state index contributed by atoms with van der Waals surface area (Å²) in [6.07, 6.45) is -2.12. The Labute approximate surface area is 217 Å². The summed E-state index contributed by atoms with van der Waals surface area (Å²) in [7, 11) is 0. The Balaban J connectivity index is 1.13. The van der Waals surface area contributed by atoms with E-state index < -0.39 is 11.7 Å². The number of alkyl halides is 3. The maximum atomic E-state index is 13.1. The number of aromatic nitrogens is 1. The standard InChI is InChI=1S/C29H38F3N5/c1-21(2)36-16-14-35(15-17-36)13-10-33-25-8-11-37(12-9-25)26-5-3-4-22(19-26)28-20-23-18-24(29(30,31)32)6-7-27(23)34-28/h3-7,18-21,25,33-34H,8-17H2,1-2H3. The SMILES string of the molecule is CC(C)N1CCN(CCNC2CCN(c3cccc(-c4cc5cc(C(F)(F)F)ccc5[nH]4)c3)CC2)CC1. The number of nitrogens with zero attached hydrogens (tertiary/aromatic N) is 3. The van der Waals surface area contributed by atoms with E-state index >= 15 is 0 Å². The highest BCUT2D eigenvalue weighted by Gasteiger charge is 2.30. The molecule has 2 N–H and O–H groups in total. The van der Waals surface area contributed by atoms with Crippen molar-refractivity contribution in [1.29, 1.82) is 0 Å². The number of nitrogens with one attached hydrogen (secondary N) is 2. The molecule has 5 nitrogen and oxygen atoms in total. The van der Waals surface area contributed by atoms with Crippen LogP contribution >= 0.6 is 0 Å². The Kier molecular flexibility index (Phi) is 7.79. The number of hydrogen-bond donors (Lipinski definition) is 2. The van der Waals surface area contributed by atoms with Crippen LogP contribution < -0.4 is 10.2 Å². The van der Waals surface area contributed by atoms with Crippen molar-refractivity contribution in [2.45, 2.75) is 44.9 Å². The van der Waals surface area contributed by atoms with Crippen LogP contribution in [0.25, 0.3) is 22.2 Å². The number of aromatic amines is 1. The summed E-state index contributed by atoms with van der Waals surface area (Å²) in [6, 6.07) is 15.1. The molecule has 0 aliphatic carbocycles. The van der Waals surface area contributed by atoms with Gasteiger partial charge in [-0.15, -0.1) is 0 Å². The van der Waals surface area contributed by atoms with E-state index in [0.29, 0.717) is 23.0 Å². The molecule has 2 aromatic carbocycles. The van der Waals surface area contributed by atoms with Gasteiger partial charge >= 0.3 is 6.18 Å². The van der Waals surface area contributed by atoms with E-state index in [1.54, 1.807) is 0 Å². The summed E-state index contributed by atoms with van der Waals surface area (Å²) in [4.78, 5) is 10.8. The molecular formula is C29H38F3N5. The minimum Gasteiger partial charge on any atom is -0.371 e. The quantitative estimate of drug-likeness (QED) is 0.441. The van der Waals surface area contributed by atoms with Gasteiger partial charge in [-0.3, -0.25) is 9.80 Å². The summed E-state index contributed by atoms with van der Waals surface area (Å²) in [6.45, 7) is 13.4. The van der Waals surface area contributed by atoms with Gasteiger partial charge in [-0.25, -0.2) is 0 Å². The zero-order valence-corrected chi connectivity index (χ0v) is 21.8. The van der Waals surface area contributed by atoms with Gasteiger partial charge in [-0.1, -0.05) is 12.1 Å². The lowest BCUT2D eigenvalue weighted by Gasteiger charge is -2.37. The summed E-state index contributed by atoms with van der Waals surface area (Å²) < 4.78 is 39.3. The normalized spacial score (nSPS) is 18.8. The van der Waals surface area contributed by atoms with Gasteiger partial charge in [0.15, 0.2) is 0 Å². The average Bonchev–Trinajstić information content (AvgIpc) is 3.33. The molecule has 37 heavy (non-hydrogen) atoms. The van der Waals surface area contributed by atoms with Crippen LogP contribution in [0.15, 0.2) is 48.5 Å². The van der Waals surface area contributed by atoms with Gasteiger partial charge in [0.25, 0.3) is 0 Å². The van der Waals surface area contributed by atoms with Crippen LogP contribution in [0, 0.1) is 0 Å². The topological polar surface area (TPSA) is 37.5 Å². The Morgan fingerprint density at radius 3 is 2.41 bits per heavy atom. The fourth-order valence-corrected chi connectivity index (χ4v) is 5.61. The second-order valence-corrected chi connectivity index (χ2v) is 10.7. The summed E-state index contributed by atoms with van der Waals surface area (Å²) >= 11 is 0. The maximum absolute atomic E-state index is 13.1. The third kappa shape index (κ3) is 6.30. The minimum atomic E-state index is -4.34. The van der Waals surface area contributed by atoms with Crippen LogP contribution in [0.5, 0.6) is 0 Å². The summed E-state index contributed by atoms with van der Waals surface area (Å²) in [5.41, 5.74) is 3.07. The number of anilines is 1. The van der Waals surface area contributed by atoms with Crippen LogP contribution in [0.2, 0.25) is 0 Å². The van der Waals surface area contributed by atoms with E-state index in [9.17, 15) is 13.2 Å². The first-order valence-corrected chi connectivity index (χ1v) is 13.5. The maximum Gasteiger partial charge on any atom is 0.416 e. The molecule has 2 aliphatic rings. The Morgan fingerprint density at radius 1 is 0.946 bits per heavy atom. The molecule has 3 heterocycles. The first-order valence-electron chi connectivity index (χ1n) is 13.5. The Morgan fingerprint density at radius 2 is 1.70 bits per heavy atom. The second kappa shape index (κ2) is 11.1. The van der Waals surface area contributed by atoms with Crippen molar-refractivity contribution in [3.8, 4) is 11.3 Å². The van der Waals surface area contributed by atoms with E-state index in [1.807, 2.05) is 18.2 Å². The first kappa shape index (κ1) is 26.1. The number of fused-ring (bicyclic) bond motifs is 1. The van der Waals surface area contributed by atoms with Crippen molar-refractivity contribution in [2.24, 2.45) is 0 Å². The molecule has 1 aromatic heterocycles. The van der Waals surface area contributed by atoms with Gasteiger partial charge in [0.2, 0.25) is 0 Å². The first-order chi connectivity index (χ1) is 17.8. The zero-order chi connectivity index (χ0) is 26.0. The molecule has 200 valence electrons. The Bertz CT molecular complexity index is 1170. The molecule has 8 heteroatoms. The number of rotatable bonds is 7. The lowest BCUT2D eigenvalue weighted by atomic mass is 10.0. The summed E-state index contributed by atoms with van der Waals surface area (Å²) in [5, 5.41) is 4.35. The predicted octanol–water partition coefficient (Wildman–Crippen LogP) is 5.44. The average molecular weight is 514 g/mol. The fraction of sp³-hybridized carbons (Fsp3) is 0.517. The number of benzene rings is 2. The van der Waals surface area contributed by atoms with Crippen molar-refractivity contribution in [2.75, 3.05) is 57.3 Å².